The van der Waals surface area contributed by atoms with Crippen LogP contribution in [0, 0.1) is 0 Å². The van der Waals surface area contributed by atoms with Crippen LogP contribution in [0.1, 0.15) is 6.92 Å². The zero-order valence-corrected chi connectivity index (χ0v) is 9.67. The maximum Gasteiger partial charge on any atom is 0.209 e. The number of methoxy groups -OCH3 is 1. The molecule has 1 unspecified atom stereocenters. The van der Waals surface area contributed by atoms with E-state index in [1.54, 1.807) is 18.9 Å². The van der Waals surface area contributed by atoms with E-state index >= 15 is 0 Å². The van der Waals surface area contributed by atoms with Gasteiger partial charge in [0.15, 0.2) is 0 Å². The van der Waals surface area contributed by atoms with Crippen LogP contribution in [-0.4, -0.2) is 25.8 Å². The highest BCUT2D eigenvalue weighted by Gasteiger charge is 2.20. The molecular weight excluding hydrogens is 212 g/mol. The molecule has 15 heavy (non-hydrogen) atoms. The number of rotatable bonds is 3. The lowest BCUT2D eigenvalue weighted by Gasteiger charge is -2.25. The quantitative estimate of drug-likeness (QED) is 0.791. The lowest BCUT2D eigenvalue weighted by atomic mass is 10.3. The zero-order valence-electron chi connectivity index (χ0n) is 8.86. The molecule has 1 aromatic rings. The fraction of sp³-hybridized carbons (Fsp3) is 0.455. The SMILES string of the molecule is CCOC1CSc2cc(OC)ccc2O1. The van der Waals surface area contributed by atoms with Crippen LogP contribution in [0.15, 0.2) is 23.1 Å². The van der Waals surface area contributed by atoms with Crippen LogP contribution in [-0.2, 0) is 4.74 Å². The fourth-order valence-electron chi connectivity index (χ4n) is 1.43. The van der Waals surface area contributed by atoms with Crippen molar-refractivity contribution >= 4 is 11.8 Å². The molecule has 0 saturated carbocycles. The number of fused-ring (bicyclic) bond motifs is 1. The van der Waals surface area contributed by atoms with Gasteiger partial charge in [0.05, 0.1) is 17.8 Å². The third-order valence-electron chi connectivity index (χ3n) is 2.14. The van der Waals surface area contributed by atoms with Gasteiger partial charge in [-0.2, -0.15) is 0 Å². The lowest BCUT2D eigenvalue weighted by Crippen LogP contribution is -2.26. The zero-order chi connectivity index (χ0) is 10.7. The molecule has 0 spiro atoms. The molecule has 0 amide bonds. The second kappa shape index (κ2) is 4.77. The molecule has 1 aromatic carbocycles. The maximum absolute atomic E-state index is 5.67. The first kappa shape index (κ1) is 10.6. The Kier molecular flexibility index (Phi) is 3.38. The fourth-order valence-corrected chi connectivity index (χ4v) is 2.36. The average Bonchev–Trinajstić information content (AvgIpc) is 2.29. The normalized spacial score (nSPS) is 19.2. The highest BCUT2D eigenvalue weighted by Crippen LogP contribution is 2.37. The third kappa shape index (κ3) is 2.38. The summed E-state index contributed by atoms with van der Waals surface area (Å²) in [5.41, 5.74) is 0. The molecule has 0 radical (unpaired) electrons. The Balaban J connectivity index is 2.13. The summed E-state index contributed by atoms with van der Waals surface area (Å²) in [7, 11) is 1.67. The Morgan fingerprint density at radius 3 is 3.13 bits per heavy atom. The van der Waals surface area contributed by atoms with Crippen LogP contribution in [0.25, 0.3) is 0 Å². The molecule has 0 bridgehead atoms. The van der Waals surface area contributed by atoms with E-state index < -0.39 is 0 Å². The van der Waals surface area contributed by atoms with Gasteiger partial charge in [-0.05, 0) is 25.1 Å². The van der Waals surface area contributed by atoms with Gasteiger partial charge in [0.2, 0.25) is 6.29 Å². The van der Waals surface area contributed by atoms with Gasteiger partial charge in [0.1, 0.15) is 11.5 Å². The molecule has 0 aromatic heterocycles. The summed E-state index contributed by atoms with van der Waals surface area (Å²) >= 11 is 1.74. The van der Waals surface area contributed by atoms with Crippen LogP contribution in [0.4, 0.5) is 0 Å². The van der Waals surface area contributed by atoms with Gasteiger partial charge >= 0.3 is 0 Å². The summed E-state index contributed by atoms with van der Waals surface area (Å²) in [6, 6.07) is 5.81. The minimum Gasteiger partial charge on any atom is -0.497 e. The Hall–Kier alpha value is -0.870. The average molecular weight is 226 g/mol. The van der Waals surface area contributed by atoms with Crippen LogP contribution in [0.3, 0.4) is 0 Å². The van der Waals surface area contributed by atoms with Gasteiger partial charge in [-0.15, -0.1) is 11.8 Å². The predicted octanol–water partition coefficient (Wildman–Crippen LogP) is 2.54. The minimum absolute atomic E-state index is 0.124. The van der Waals surface area contributed by atoms with E-state index in [2.05, 4.69) is 0 Å². The number of hydrogen-bond acceptors (Lipinski definition) is 4. The van der Waals surface area contributed by atoms with Crippen molar-refractivity contribution in [3.8, 4) is 11.5 Å². The minimum atomic E-state index is -0.124. The summed E-state index contributed by atoms with van der Waals surface area (Å²) in [4.78, 5) is 1.12. The molecule has 2 rings (SSSR count). The van der Waals surface area contributed by atoms with Gasteiger partial charge in [0, 0.05) is 6.61 Å². The first-order valence-electron chi connectivity index (χ1n) is 4.92. The Bertz CT molecular complexity index is 341. The molecule has 82 valence electrons. The van der Waals surface area contributed by atoms with Crippen molar-refractivity contribution in [3.63, 3.8) is 0 Å². The lowest BCUT2D eigenvalue weighted by molar-refractivity contribution is -0.0614. The van der Waals surface area contributed by atoms with Gasteiger partial charge < -0.3 is 14.2 Å². The summed E-state index contributed by atoms with van der Waals surface area (Å²) < 4.78 is 16.2. The van der Waals surface area contributed by atoms with E-state index in [1.165, 1.54) is 0 Å². The number of ether oxygens (including phenoxy) is 3. The second-order valence-corrected chi connectivity index (χ2v) is 4.19. The number of benzene rings is 1. The Morgan fingerprint density at radius 2 is 2.40 bits per heavy atom. The van der Waals surface area contributed by atoms with Crippen LogP contribution < -0.4 is 9.47 Å². The van der Waals surface area contributed by atoms with Gasteiger partial charge in [-0.25, -0.2) is 0 Å². The molecule has 0 aliphatic carbocycles. The van der Waals surface area contributed by atoms with Crippen molar-refractivity contribution in [3.05, 3.63) is 18.2 Å². The third-order valence-corrected chi connectivity index (χ3v) is 3.21. The van der Waals surface area contributed by atoms with E-state index in [0.717, 1.165) is 22.1 Å². The number of thioether (sulfide) groups is 1. The van der Waals surface area contributed by atoms with Crippen LogP contribution >= 0.6 is 11.8 Å². The van der Waals surface area contributed by atoms with Gasteiger partial charge in [0.25, 0.3) is 0 Å². The molecular formula is C11H14O3S. The van der Waals surface area contributed by atoms with E-state index in [9.17, 15) is 0 Å². The molecule has 1 aliphatic rings. The van der Waals surface area contributed by atoms with Crippen molar-refractivity contribution in [2.45, 2.75) is 18.1 Å². The van der Waals surface area contributed by atoms with Crippen molar-refractivity contribution < 1.29 is 14.2 Å². The van der Waals surface area contributed by atoms with Crippen molar-refractivity contribution in [2.24, 2.45) is 0 Å². The largest absolute Gasteiger partial charge is 0.497 e. The molecule has 4 heteroatoms. The van der Waals surface area contributed by atoms with Crippen LogP contribution in [0.2, 0.25) is 0 Å². The van der Waals surface area contributed by atoms with Gasteiger partial charge in [-0.1, -0.05) is 0 Å². The Labute approximate surface area is 93.7 Å². The molecule has 1 heterocycles. The van der Waals surface area contributed by atoms with E-state index in [1.807, 2.05) is 25.1 Å². The summed E-state index contributed by atoms with van der Waals surface area (Å²) in [6.07, 6.45) is -0.124. The number of hydrogen-bond donors (Lipinski definition) is 0. The summed E-state index contributed by atoms with van der Waals surface area (Å²) in [6.45, 7) is 2.65. The molecule has 0 saturated heterocycles. The Morgan fingerprint density at radius 1 is 1.53 bits per heavy atom. The summed E-state index contributed by atoms with van der Waals surface area (Å²) in [5, 5.41) is 0. The highest BCUT2D eigenvalue weighted by molar-refractivity contribution is 7.99. The smallest absolute Gasteiger partial charge is 0.209 e. The monoisotopic (exact) mass is 226 g/mol. The van der Waals surface area contributed by atoms with Crippen molar-refractivity contribution in [1.29, 1.82) is 0 Å². The topological polar surface area (TPSA) is 27.7 Å². The van der Waals surface area contributed by atoms with Gasteiger partial charge in [-0.3, -0.25) is 0 Å². The standard InChI is InChI=1S/C11H14O3S/c1-3-13-11-7-15-10-6-8(12-2)4-5-9(10)14-11/h4-6,11H,3,7H2,1-2H3. The first-order chi connectivity index (χ1) is 7.33. The maximum atomic E-state index is 5.67. The molecule has 3 nitrogen and oxygen atoms in total. The van der Waals surface area contributed by atoms with Crippen LogP contribution in [0.5, 0.6) is 11.5 Å². The first-order valence-corrected chi connectivity index (χ1v) is 5.91. The second-order valence-electron chi connectivity index (χ2n) is 3.13. The van der Waals surface area contributed by atoms with E-state index in [4.69, 9.17) is 14.2 Å². The van der Waals surface area contributed by atoms with Crippen molar-refractivity contribution in [1.82, 2.24) is 0 Å². The molecule has 0 N–H and O–H groups in total. The summed E-state index contributed by atoms with van der Waals surface area (Å²) in [5.74, 6) is 2.57. The molecule has 0 fully saturated rings. The molecule has 1 aliphatic heterocycles. The van der Waals surface area contributed by atoms with E-state index in [-0.39, 0.29) is 6.29 Å². The molecule has 1 atom stereocenters. The predicted molar refractivity (Wildman–Crippen MR) is 59.8 cm³/mol. The van der Waals surface area contributed by atoms with E-state index in [0.29, 0.717) is 6.61 Å². The van der Waals surface area contributed by atoms with Crippen molar-refractivity contribution in [2.75, 3.05) is 19.5 Å². The highest BCUT2D eigenvalue weighted by atomic mass is 32.2.